The zero-order valence-electron chi connectivity index (χ0n) is 18.5. The fourth-order valence-electron chi connectivity index (χ4n) is 3.77. The van der Waals surface area contributed by atoms with Gasteiger partial charge < -0.3 is 19.7 Å². The van der Waals surface area contributed by atoms with Gasteiger partial charge in [-0.3, -0.25) is 9.59 Å². The molecule has 0 fully saturated rings. The number of ether oxygens (including phenoxy) is 2. The molecule has 6 heteroatoms. The highest BCUT2D eigenvalue weighted by Gasteiger charge is 2.25. The summed E-state index contributed by atoms with van der Waals surface area (Å²) >= 11 is 0. The highest BCUT2D eigenvalue weighted by Crippen LogP contribution is 2.34. The molecule has 170 valence electrons. The van der Waals surface area contributed by atoms with Gasteiger partial charge in [0, 0.05) is 18.7 Å². The highest BCUT2D eigenvalue weighted by atomic mass is 16.5. The molecule has 2 amide bonds. The number of hydrogen-bond donors (Lipinski definition) is 1. The van der Waals surface area contributed by atoms with Crippen molar-refractivity contribution in [2.75, 3.05) is 30.0 Å². The number of aryl methyl sites for hydroxylation is 1. The van der Waals surface area contributed by atoms with Crippen LogP contribution in [0, 0.1) is 0 Å². The van der Waals surface area contributed by atoms with Gasteiger partial charge in [-0.15, -0.1) is 0 Å². The zero-order chi connectivity index (χ0) is 22.9. The van der Waals surface area contributed by atoms with Crippen molar-refractivity contribution in [3.63, 3.8) is 0 Å². The maximum absolute atomic E-state index is 12.5. The molecular formula is C27H28N2O4. The van der Waals surface area contributed by atoms with Gasteiger partial charge >= 0.3 is 0 Å². The van der Waals surface area contributed by atoms with Crippen LogP contribution in [0.25, 0.3) is 0 Å². The van der Waals surface area contributed by atoms with E-state index in [4.69, 9.17) is 9.47 Å². The van der Waals surface area contributed by atoms with Crippen molar-refractivity contribution in [1.82, 2.24) is 0 Å². The molecule has 1 aliphatic rings. The largest absolute Gasteiger partial charge is 0.494 e. The van der Waals surface area contributed by atoms with Crippen molar-refractivity contribution in [3.8, 4) is 11.5 Å². The van der Waals surface area contributed by atoms with E-state index in [0.29, 0.717) is 43.1 Å². The SMILES string of the molecule is O=C(CCCOc1ccccc1)Nc1ccc2c(c1)N(CCCc1ccccc1)C(=O)CO2. The van der Waals surface area contributed by atoms with E-state index in [1.807, 2.05) is 54.6 Å². The van der Waals surface area contributed by atoms with Crippen LogP contribution in [0.1, 0.15) is 24.8 Å². The van der Waals surface area contributed by atoms with Gasteiger partial charge in [-0.2, -0.15) is 0 Å². The molecule has 0 spiro atoms. The minimum absolute atomic E-state index is 0.0332. The summed E-state index contributed by atoms with van der Waals surface area (Å²) in [5.41, 5.74) is 2.59. The van der Waals surface area contributed by atoms with Crippen molar-refractivity contribution < 1.29 is 19.1 Å². The van der Waals surface area contributed by atoms with Crippen molar-refractivity contribution >= 4 is 23.2 Å². The van der Waals surface area contributed by atoms with E-state index in [0.717, 1.165) is 18.6 Å². The van der Waals surface area contributed by atoms with Gasteiger partial charge in [0.15, 0.2) is 6.61 Å². The number of rotatable bonds is 10. The quantitative estimate of drug-likeness (QED) is 0.454. The van der Waals surface area contributed by atoms with E-state index < -0.39 is 0 Å². The fourth-order valence-corrected chi connectivity index (χ4v) is 3.77. The summed E-state index contributed by atoms with van der Waals surface area (Å²) in [4.78, 5) is 26.7. The van der Waals surface area contributed by atoms with Gasteiger partial charge in [-0.05, 0) is 55.2 Å². The molecule has 0 aromatic heterocycles. The molecule has 0 atom stereocenters. The molecule has 3 aromatic carbocycles. The van der Waals surface area contributed by atoms with Crippen molar-refractivity contribution in [3.05, 3.63) is 84.4 Å². The fraction of sp³-hybridized carbons (Fsp3) is 0.259. The van der Waals surface area contributed by atoms with Crippen LogP contribution in [0.4, 0.5) is 11.4 Å². The number of fused-ring (bicyclic) bond motifs is 1. The maximum Gasteiger partial charge on any atom is 0.265 e. The van der Waals surface area contributed by atoms with E-state index in [1.165, 1.54) is 5.56 Å². The molecule has 1 heterocycles. The zero-order valence-corrected chi connectivity index (χ0v) is 18.5. The van der Waals surface area contributed by atoms with Gasteiger partial charge in [-0.25, -0.2) is 0 Å². The second-order valence-electron chi connectivity index (χ2n) is 7.92. The van der Waals surface area contributed by atoms with Gasteiger partial charge in [0.05, 0.1) is 12.3 Å². The first kappa shape index (κ1) is 22.4. The Bertz CT molecular complexity index is 1070. The minimum atomic E-state index is -0.0923. The Morgan fingerprint density at radius 3 is 2.52 bits per heavy atom. The topological polar surface area (TPSA) is 67.9 Å². The van der Waals surface area contributed by atoms with Gasteiger partial charge in [-0.1, -0.05) is 48.5 Å². The Kier molecular flexibility index (Phi) is 7.59. The average molecular weight is 445 g/mol. The smallest absolute Gasteiger partial charge is 0.265 e. The molecular weight excluding hydrogens is 416 g/mol. The van der Waals surface area contributed by atoms with E-state index in [-0.39, 0.29) is 18.4 Å². The molecule has 0 unspecified atom stereocenters. The second-order valence-corrected chi connectivity index (χ2v) is 7.92. The molecule has 3 aromatic rings. The lowest BCUT2D eigenvalue weighted by Gasteiger charge is -2.30. The van der Waals surface area contributed by atoms with Crippen LogP contribution in [-0.4, -0.2) is 31.6 Å². The van der Waals surface area contributed by atoms with E-state index in [1.54, 1.807) is 17.0 Å². The number of para-hydroxylation sites is 1. The Balaban J connectivity index is 1.30. The summed E-state index contributed by atoms with van der Waals surface area (Å²) in [6.45, 7) is 1.10. The monoisotopic (exact) mass is 444 g/mol. The third kappa shape index (κ3) is 6.35. The lowest BCUT2D eigenvalue weighted by molar-refractivity contribution is -0.121. The number of benzene rings is 3. The van der Waals surface area contributed by atoms with Crippen LogP contribution in [0.15, 0.2) is 78.9 Å². The summed E-state index contributed by atoms with van der Waals surface area (Å²) in [5, 5.41) is 2.92. The minimum Gasteiger partial charge on any atom is -0.494 e. The Morgan fingerprint density at radius 2 is 1.73 bits per heavy atom. The molecule has 0 radical (unpaired) electrons. The Labute approximate surface area is 194 Å². The van der Waals surface area contributed by atoms with Crippen LogP contribution >= 0.6 is 0 Å². The number of hydrogen-bond acceptors (Lipinski definition) is 4. The van der Waals surface area contributed by atoms with Crippen molar-refractivity contribution in [2.24, 2.45) is 0 Å². The summed E-state index contributed by atoms with van der Waals surface area (Å²) < 4.78 is 11.2. The van der Waals surface area contributed by atoms with Crippen LogP contribution < -0.4 is 19.7 Å². The molecule has 33 heavy (non-hydrogen) atoms. The van der Waals surface area contributed by atoms with E-state index >= 15 is 0 Å². The molecule has 4 rings (SSSR count). The molecule has 0 bridgehead atoms. The van der Waals surface area contributed by atoms with Crippen LogP contribution in [0.3, 0.4) is 0 Å². The molecule has 0 saturated carbocycles. The predicted molar refractivity (Wildman–Crippen MR) is 129 cm³/mol. The molecule has 1 N–H and O–H groups in total. The van der Waals surface area contributed by atoms with E-state index in [2.05, 4.69) is 17.4 Å². The van der Waals surface area contributed by atoms with Crippen molar-refractivity contribution in [1.29, 1.82) is 0 Å². The first-order valence-corrected chi connectivity index (χ1v) is 11.3. The van der Waals surface area contributed by atoms with Crippen molar-refractivity contribution in [2.45, 2.75) is 25.7 Å². The first-order chi connectivity index (χ1) is 16.2. The Morgan fingerprint density at radius 1 is 0.970 bits per heavy atom. The Hall–Kier alpha value is -3.80. The highest BCUT2D eigenvalue weighted by molar-refractivity contribution is 5.99. The number of nitrogens with zero attached hydrogens (tertiary/aromatic N) is 1. The summed E-state index contributed by atoms with van der Waals surface area (Å²) in [6.07, 6.45) is 2.69. The van der Waals surface area contributed by atoms with Crippen LogP contribution in [0.5, 0.6) is 11.5 Å². The van der Waals surface area contributed by atoms with Gasteiger partial charge in [0.1, 0.15) is 11.5 Å². The molecule has 6 nitrogen and oxygen atoms in total. The normalized spacial score (nSPS) is 12.6. The third-order valence-corrected chi connectivity index (χ3v) is 5.44. The molecule has 1 aliphatic heterocycles. The summed E-state index contributed by atoms with van der Waals surface area (Å²) in [6, 6.07) is 25.2. The first-order valence-electron chi connectivity index (χ1n) is 11.3. The predicted octanol–water partition coefficient (Wildman–Crippen LogP) is 4.84. The lowest BCUT2D eigenvalue weighted by Crippen LogP contribution is -2.39. The lowest BCUT2D eigenvalue weighted by atomic mass is 10.1. The van der Waals surface area contributed by atoms with Crippen LogP contribution in [-0.2, 0) is 16.0 Å². The van der Waals surface area contributed by atoms with Gasteiger partial charge in [0.2, 0.25) is 5.91 Å². The number of anilines is 2. The third-order valence-electron chi connectivity index (χ3n) is 5.44. The number of carbonyl (C=O) groups is 2. The molecule has 0 aliphatic carbocycles. The average Bonchev–Trinajstić information content (AvgIpc) is 2.84. The van der Waals surface area contributed by atoms with Crippen LogP contribution in [0.2, 0.25) is 0 Å². The van der Waals surface area contributed by atoms with E-state index in [9.17, 15) is 9.59 Å². The number of nitrogens with one attached hydrogen (secondary N) is 1. The summed E-state index contributed by atoms with van der Waals surface area (Å²) in [7, 11) is 0. The number of carbonyl (C=O) groups excluding carboxylic acids is 2. The maximum atomic E-state index is 12.5. The van der Waals surface area contributed by atoms with Gasteiger partial charge in [0.25, 0.3) is 5.91 Å². The second kappa shape index (κ2) is 11.2. The summed E-state index contributed by atoms with van der Waals surface area (Å²) in [5.74, 6) is 1.29. The number of amides is 2. The molecule has 0 saturated heterocycles. The standard InChI is InChI=1S/C27H28N2O4/c30-26(14-8-18-32-23-12-5-2-6-13-23)28-22-15-16-25-24(19-22)29(27(31)20-33-25)17-7-11-21-9-3-1-4-10-21/h1-6,9-10,12-13,15-16,19H,7-8,11,14,17-18,20H2,(H,28,30).